The van der Waals surface area contributed by atoms with E-state index in [0.29, 0.717) is 0 Å². The van der Waals surface area contributed by atoms with Crippen molar-refractivity contribution in [2.24, 2.45) is 0 Å². The molecule has 0 aliphatic carbocycles. The van der Waals surface area contributed by atoms with E-state index in [-0.39, 0.29) is 0 Å². The molecule has 0 fully saturated rings. The molecule has 0 heterocycles. The fraction of sp³-hybridized carbons (Fsp3) is 0.950. The molecule has 0 aromatic heterocycles. The average molecular weight is 298 g/mol. The Bertz CT molecular complexity index is 202. The van der Waals surface area contributed by atoms with Gasteiger partial charge in [-0.1, -0.05) is 97.8 Å². The van der Waals surface area contributed by atoms with Gasteiger partial charge in [0.2, 0.25) is 0 Å². The monoisotopic (exact) mass is 297 g/mol. The Morgan fingerprint density at radius 1 is 0.667 bits per heavy atom. The maximum Gasteiger partial charge on any atom is 0.0676 e. The van der Waals surface area contributed by atoms with E-state index in [2.05, 4.69) is 27.2 Å². The number of rotatable bonds is 16. The Labute approximate surface area is 134 Å². The van der Waals surface area contributed by atoms with Crippen molar-refractivity contribution in [1.29, 1.82) is 0 Å². The highest BCUT2D eigenvalue weighted by molar-refractivity contribution is 4.91. The van der Waals surface area contributed by atoms with Gasteiger partial charge in [-0.2, -0.15) is 0 Å². The van der Waals surface area contributed by atoms with E-state index >= 15 is 0 Å². The lowest BCUT2D eigenvalue weighted by atomic mass is 9.87. The second-order valence-electron chi connectivity index (χ2n) is 6.74. The molecule has 1 N–H and O–H groups in total. The van der Waals surface area contributed by atoms with E-state index in [0.717, 1.165) is 19.3 Å². The van der Waals surface area contributed by atoms with Crippen LogP contribution in [0.3, 0.4) is 0 Å². The molecular weight excluding hydrogens is 256 g/mol. The first-order valence-electron chi connectivity index (χ1n) is 9.75. The van der Waals surface area contributed by atoms with Crippen LogP contribution in [0.25, 0.3) is 0 Å². The summed E-state index contributed by atoms with van der Waals surface area (Å²) in [6.07, 6.45) is 21.0. The van der Waals surface area contributed by atoms with Crippen molar-refractivity contribution in [2.75, 3.05) is 0 Å². The first-order chi connectivity index (χ1) is 10.2. The van der Waals surface area contributed by atoms with Crippen molar-refractivity contribution in [3.63, 3.8) is 0 Å². The highest BCUT2D eigenvalue weighted by atomic mass is 16.3. The third-order valence-corrected chi connectivity index (χ3v) is 4.66. The molecule has 0 aliphatic heterocycles. The summed E-state index contributed by atoms with van der Waals surface area (Å²) in [5.74, 6) is 0. The molecule has 0 aromatic rings. The lowest BCUT2D eigenvalue weighted by Gasteiger charge is -2.26. The SMILES string of the molecule is CCCCCCCC[CH]C(O)(CC)CCCCCCCC. The number of aliphatic hydroxyl groups is 1. The predicted molar refractivity (Wildman–Crippen MR) is 95.5 cm³/mol. The van der Waals surface area contributed by atoms with Gasteiger partial charge in [-0.05, 0) is 25.7 Å². The van der Waals surface area contributed by atoms with Gasteiger partial charge in [-0.25, -0.2) is 0 Å². The van der Waals surface area contributed by atoms with E-state index < -0.39 is 5.60 Å². The lowest BCUT2D eigenvalue weighted by Crippen LogP contribution is -2.28. The van der Waals surface area contributed by atoms with E-state index in [4.69, 9.17) is 0 Å². The lowest BCUT2D eigenvalue weighted by molar-refractivity contribution is 0.0539. The van der Waals surface area contributed by atoms with Crippen LogP contribution in [0.15, 0.2) is 0 Å². The number of hydrogen-bond acceptors (Lipinski definition) is 1. The summed E-state index contributed by atoms with van der Waals surface area (Å²) < 4.78 is 0. The normalized spacial score (nSPS) is 14.3. The highest BCUT2D eigenvalue weighted by Gasteiger charge is 2.23. The van der Waals surface area contributed by atoms with Crippen LogP contribution in [-0.2, 0) is 0 Å². The summed E-state index contributed by atoms with van der Waals surface area (Å²) in [4.78, 5) is 0. The first kappa shape index (κ1) is 21.0. The molecule has 1 radical (unpaired) electrons. The maximum absolute atomic E-state index is 10.6. The zero-order chi connectivity index (χ0) is 15.8. The van der Waals surface area contributed by atoms with Gasteiger partial charge in [0.1, 0.15) is 0 Å². The minimum Gasteiger partial charge on any atom is -0.390 e. The highest BCUT2D eigenvalue weighted by Crippen LogP contribution is 2.25. The van der Waals surface area contributed by atoms with Crippen LogP contribution in [0.2, 0.25) is 0 Å². The zero-order valence-electron chi connectivity index (χ0n) is 15.1. The maximum atomic E-state index is 10.6. The molecule has 0 spiro atoms. The van der Waals surface area contributed by atoms with Crippen LogP contribution < -0.4 is 0 Å². The third-order valence-electron chi connectivity index (χ3n) is 4.66. The molecule has 1 atom stereocenters. The van der Waals surface area contributed by atoms with Gasteiger partial charge in [0.25, 0.3) is 0 Å². The fourth-order valence-corrected chi connectivity index (χ4v) is 2.93. The molecule has 0 amide bonds. The second kappa shape index (κ2) is 14.9. The summed E-state index contributed by atoms with van der Waals surface area (Å²) in [6, 6.07) is 0. The van der Waals surface area contributed by atoms with Crippen LogP contribution in [0, 0.1) is 6.42 Å². The topological polar surface area (TPSA) is 20.2 Å². The van der Waals surface area contributed by atoms with Crippen LogP contribution in [0.5, 0.6) is 0 Å². The summed E-state index contributed by atoms with van der Waals surface area (Å²) >= 11 is 0. The Morgan fingerprint density at radius 2 is 1.14 bits per heavy atom. The summed E-state index contributed by atoms with van der Waals surface area (Å²) in [6.45, 7) is 6.64. The summed E-state index contributed by atoms with van der Waals surface area (Å²) in [7, 11) is 0. The van der Waals surface area contributed by atoms with Crippen LogP contribution in [0.4, 0.5) is 0 Å². The minimum atomic E-state index is -0.492. The summed E-state index contributed by atoms with van der Waals surface area (Å²) in [5.41, 5.74) is -0.492. The Kier molecular flexibility index (Phi) is 14.9. The van der Waals surface area contributed by atoms with E-state index in [9.17, 15) is 5.11 Å². The standard InChI is InChI=1S/C20H41O/c1-4-7-9-11-13-15-17-19-20(21,6-3)18-16-14-12-10-8-5-2/h19,21H,4-18H2,1-3H3. The van der Waals surface area contributed by atoms with Crippen LogP contribution >= 0.6 is 0 Å². The molecule has 0 saturated carbocycles. The molecule has 0 bridgehead atoms. The van der Waals surface area contributed by atoms with Crippen molar-refractivity contribution < 1.29 is 5.11 Å². The molecular formula is C20H41O. The quantitative estimate of drug-likeness (QED) is 0.309. The van der Waals surface area contributed by atoms with E-state index in [1.165, 1.54) is 77.0 Å². The number of unbranched alkanes of at least 4 members (excludes halogenated alkanes) is 11. The van der Waals surface area contributed by atoms with Gasteiger partial charge in [0, 0.05) is 0 Å². The Balaban J connectivity index is 3.55. The molecule has 1 heteroatoms. The van der Waals surface area contributed by atoms with Crippen molar-refractivity contribution in [2.45, 2.75) is 123 Å². The molecule has 0 saturated heterocycles. The van der Waals surface area contributed by atoms with Gasteiger partial charge in [-0.3, -0.25) is 0 Å². The van der Waals surface area contributed by atoms with Crippen molar-refractivity contribution >= 4 is 0 Å². The predicted octanol–water partition coefficient (Wildman–Crippen LogP) is 6.83. The average Bonchev–Trinajstić information content (AvgIpc) is 2.50. The van der Waals surface area contributed by atoms with Crippen molar-refractivity contribution in [1.82, 2.24) is 0 Å². The van der Waals surface area contributed by atoms with Gasteiger partial charge in [-0.15, -0.1) is 0 Å². The fourth-order valence-electron chi connectivity index (χ4n) is 2.93. The number of hydrogen-bond donors (Lipinski definition) is 1. The van der Waals surface area contributed by atoms with Gasteiger partial charge in [0.05, 0.1) is 5.60 Å². The Hall–Kier alpha value is -0.0400. The van der Waals surface area contributed by atoms with Crippen molar-refractivity contribution in [3.05, 3.63) is 6.42 Å². The molecule has 0 aromatic carbocycles. The van der Waals surface area contributed by atoms with Crippen LogP contribution in [0.1, 0.15) is 117 Å². The smallest absolute Gasteiger partial charge is 0.0676 e. The molecule has 0 rings (SSSR count). The first-order valence-corrected chi connectivity index (χ1v) is 9.75. The van der Waals surface area contributed by atoms with E-state index in [1.54, 1.807) is 0 Å². The Morgan fingerprint density at radius 3 is 1.67 bits per heavy atom. The van der Waals surface area contributed by atoms with Gasteiger partial charge < -0.3 is 5.11 Å². The molecule has 1 nitrogen and oxygen atoms in total. The van der Waals surface area contributed by atoms with Gasteiger partial charge in [0.15, 0.2) is 0 Å². The molecule has 21 heavy (non-hydrogen) atoms. The minimum absolute atomic E-state index is 0.492. The third kappa shape index (κ3) is 13.4. The largest absolute Gasteiger partial charge is 0.390 e. The van der Waals surface area contributed by atoms with Gasteiger partial charge >= 0.3 is 0 Å². The molecule has 1 unspecified atom stereocenters. The molecule has 0 aliphatic rings. The zero-order valence-corrected chi connectivity index (χ0v) is 15.1. The van der Waals surface area contributed by atoms with Crippen molar-refractivity contribution in [3.8, 4) is 0 Å². The van der Waals surface area contributed by atoms with E-state index in [1.807, 2.05) is 0 Å². The van der Waals surface area contributed by atoms with Crippen LogP contribution in [-0.4, -0.2) is 10.7 Å². The summed E-state index contributed by atoms with van der Waals surface area (Å²) in [5, 5.41) is 10.6. The second-order valence-corrected chi connectivity index (χ2v) is 6.74. The molecule has 127 valence electrons.